The number of fused-ring (bicyclic) bond motifs is 2. The van der Waals surface area contributed by atoms with E-state index in [1.165, 1.54) is 12.1 Å². The molecule has 2 N–H and O–H groups in total. The van der Waals surface area contributed by atoms with Crippen LogP contribution < -0.4 is 10.7 Å². The molecule has 0 saturated carbocycles. The quantitative estimate of drug-likeness (QED) is 0.724. The Morgan fingerprint density at radius 1 is 1.13 bits per heavy atom. The summed E-state index contributed by atoms with van der Waals surface area (Å²) in [6.45, 7) is 1.89. The minimum Gasteiger partial charge on any atom is -0.508 e. The van der Waals surface area contributed by atoms with Crippen LogP contribution in [-0.4, -0.2) is 11.0 Å². The van der Waals surface area contributed by atoms with Gasteiger partial charge in [0.1, 0.15) is 11.3 Å². The summed E-state index contributed by atoms with van der Waals surface area (Å²) >= 11 is 0. The molecule has 2 aromatic carbocycles. The molecule has 23 heavy (non-hydrogen) atoms. The van der Waals surface area contributed by atoms with Gasteiger partial charge in [-0.1, -0.05) is 23.8 Å². The number of carbonyl (C=O) groups is 1. The Hall–Kier alpha value is -3.08. The fraction of sp³-hybridized carbons (Fsp3) is 0.111. The van der Waals surface area contributed by atoms with Crippen molar-refractivity contribution in [3.63, 3.8) is 0 Å². The SMILES string of the molecule is Cc1ccc2oc3c(c(=O)c2c1)[C@@H](c1cccc(O)c1)NC3=O. The van der Waals surface area contributed by atoms with Crippen molar-refractivity contribution >= 4 is 16.9 Å². The van der Waals surface area contributed by atoms with Gasteiger partial charge in [-0.3, -0.25) is 9.59 Å². The molecule has 0 aliphatic carbocycles. The normalized spacial score (nSPS) is 16.4. The van der Waals surface area contributed by atoms with Crippen molar-refractivity contribution in [3.8, 4) is 5.75 Å². The number of phenols is 1. The van der Waals surface area contributed by atoms with Gasteiger partial charge in [-0.25, -0.2) is 0 Å². The van der Waals surface area contributed by atoms with Crippen LogP contribution in [0.4, 0.5) is 0 Å². The maximum atomic E-state index is 12.9. The van der Waals surface area contributed by atoms with Gasteiger partial charge >= 0.3 is 0 Å². The molecular formula is C18H13NO4. The predicted octanol–water partition coefficient (Wildman–Crippen LogP) is 2.64. The second kappa shape index (κ2) is 4.71. The number of carbonyl (C=O) groups excluding carboxylic acids is 1. The molecule has 0 saturated heterocycles. The smallest absolute Gasteiger partial charge is 0.288 e. The van der Waals surface area contributed by atoms with Gasteiger partial charge in [-0.15, -0.1) is 0 Å². The molecule has 1 atom stereocenters. The first-order valence-corrected chi connectivity index (χ1v) is 7.22. The van der Waals surface area contributed by atoms with Crippen LogP contribution in [0.15, 0.2) is 51.7 Å². The molecule has 0 unspecified atom stereocenters. The highest BCUT2D eigenvalue weighted by atomic mass is 16.3. The fourth-order valence-corrected chi connectivity index (χ4v) is 2.98. The largest absolute Gasteiger partial charge is 0.508 e. The lowest BCUT2D eigenvalue weighted by molar-refractivity contribution is 0.0938. The molecule has 114 valence electrons. The molecule has 0 radical (unpaired) electrons. The molecule has 4 rings (SSSR count). The topological polar surface area (TPSA) is 79.5 Å². The highest BCUT2D eigenvalue weighted by molar-refractivity contribution is 5.99. The number of aromatic hydroxyl groups is 1. The second-order valence-corrected chi connectivity index (χ2v) is 5.68. The van der Waals surface area contributed by atoms with Crippen LogP contribution >= 0.6 is 0 Å². The molecule has 0 fully saturated rings. The third kappa shape index (κ3) is 2.01. The Morgan fingerprint density at radius 2 is 1.96 bits per heavy atom. The van der Waals surface area contributed by atoms with Gasteiger partial charge in [0.05, 0.1) is 17.0 Å². The predicted molar refractivity (Wildman–Crippen MR) is 84.6 cm³/mol. The summed E-state index contributed by atoms with van der Waals surface area (Å²) in [5.74, 6) is -0.307. The van der Waals surface area contributed by atoms with Gasteiger partial charge < -0.3 is 14.8 Å². The number of amides is 1. The molecule has 2 heterocycles. The van der Waals surface area contributed by atoms with E-state index in [0.717, 1.165) is 5.56 Å². The summed E-state index contributed by atoms with van der Waals surface area (Å²) in [5, 5.41) is 12.8. The van der Waals surface area contributed by atoms with E-state index in [4.69, 9.17) is 4.42 Å². The van der Waals surface area contributed by atoms with Crippen molar-refractivity contribution in [2.24, 2.45) is 0 Å². The van der Waals surface area contributed by atoms with Crippen molar-refractivity contribution < 1.29 is 14.3 Å². The van der Waals surface area contributed by atoms with E-state index < -0.39 is 11.9 Å². The van der Waals surface area contributed by atoms with Crippen LogP contribution in [0.1, 0.15) is 33.3 Å². The lowest BCUT2D eigenvalue weighted by Gasteiger charge is -2.11. The Balaban J connectivity index is 2.01. The van der Waals surface area contributed by atoms with Gasteiger partial charge in [-0.05, 0) is 36.8 Å². The van der Waals surface area contributed by atoms with Crippen molar-refractivity contribution in [2.75, 3.05) is 0 Å². The number of rotatable bonds is 1. The maximum absolute atomic E-state index is 12.9. The number of phenolic OH excluding ortho intramolecular Hbond substituents is 1. The lowest BCUT2D eigenvalue weighted by Crippen LogP contribution is -2.21. The zero-order valence-corrected chi connectivity index (χ0v) is 12.3. The zero-order valence-electron chi connectivity index (χ0n) is 12.3. The van der Waals surface area contributed by atoms with E-state index in [2.05, 4.69) is 5.32 Å². The van der Waals surface area contributed by atoms with Crippen LogP contribution in [0.3, 0.4) is 0 Å². The minimum absolute atomic E-state index is 0.0414. The second-order valence-electron chi connectivity index (χ2n) is 5.68. The molecule has 1 amide bonds. The number of benzene rings is 2. The van der Waals surface area contributed by atoms with Gasteiger partial charge in [-0.2, -0.15) is 0 Å². The maximum Gasteiger partial charge on any atom is 0.288 e. The third-order valence-electron chi connectivity index (χ3n) is 4.05. The van der Waals surface area contributed by atoms with Crippen LogP contribution in [0.25, 0.3) is 11.0 Å². The van der Waals surface area contributed by atoms with Crippen LogP contribution in [-0.2, 0) is 0 Å². The van der Waals surface area contributed by atoms with Crippen LogP contribution in [0, 0.1) is 6.92 Å². The molecular weight excluding hydrogens is 294 g/mol. The molecule has 0 bridgehead atoms. The number of hydrogen-bond donors (Lipinski definition) is 2. The zero-order chi connectivity index (χ0) is 16.1. The average Bonchev–Trinajstić information content (AvgIpc) is 2.86. The molecule has 1 aromatic heterocycles. The van der Waals surface area contributed by atoms with Crippen LogP contribution in [0.2, 0.25) is 0 Å². The number of hydrogen-bond acceptors (Lipinski definition) is 4. The van der Waals surface area contributed by atoms with Gasteiger partial charge in [0, 0.05) is 0 Å². The Kier molecular flexibility index (Phi) is 2.78. The van der Waals surface area contributed by atoms with Crippen molar-refractivity contribution in [2.45, 2.75) is 13.0 Å². The summed E-state index contributed by atoms with van der Waals surface area (Å²) in [6, 6.07) is 11.1. The number of aryl methyl sites for hydroxylation is 1. The molecule has 1 aliphatic rings. The molecule has 0 spiro atoms. The Labute approximate surface area is 131 Å². The third-order valence-corrected chi connectivity index (χ3v) is 4.05. The molecule has 1 aliphatic heterocycles. The Bertz CT molecular complexity index is 1020. The molecule has 5 nitrogen and oxygen atoms in total. The molecule has 3 aromatic rings. The molecule has 5 heteroatoms. The van der Waals surface area contributed by atoms with Gasteiger partial charge in [0.25, 0.3) is 5.91 Å². The average molecular weight is 307 g/mol. The van der Waals surface area contributed by atoms with E-state index in [-0.39, 0.29) is 16.9 Å². The van der Waals surface area contributed by atoms with E-state index in [9.17, 15) is 14.7 Å². The summed E-state index contributed by atoms with van der Waals surface area (Å²) in [5.41, 5.74) is 2.04. The summed E-state index contributed by atoms with van der Waals surface area (Å²) in [7, 11) is 0. The number of nitrogens with one attached hydrogen (secondary N) is 1. The van der Waals surface area contributed by atoms with E-state index in [1.807, 2.05) is 13.0 Å². The summed E-state index contributed by atoms with van der Waals surface area (Å²) in [4.78, 5) is 25.1. The summed E-state index contributed by atoms with van der Waals surface area (Å²) in [6.07, 6.45) is 0. The van der Waals surface area contributed by atoms with Crippen molar-refractivity contribution in [3.05, 3.63) is 75.1 Å². The Morgan fingerprint density at radius 3 is 2.74 bits per heavy atom. The monoisotopic (exact) mass is 307 g/mol. The van der Waals surface area contributed by atoms with Crippen molar-refractivity contribution in [1.29, 1.82) is 0 Å². The lowest BCUT2D eigenvalue weighted by atomic mass is 9.99. The van der Waals surface area contributed by atoms with Crippen molar-refractivity contribution in [1.82, 2.24) is 5.32 Å². The first-order chi connectivity index (χ1) is 11.0. The highest BCUT2D eigenvalue weighted by Crippen LogP contribution is 2.32. The van der Waals surface area contributed by atoms with E-state index >= 15 is 0 Å². The van der Waals surface area contributed by atoms with E-state index in [0.29, 0.717) is 22.1 Å². The van der Waals surface area contributed by atoms with Gasteiger partial charge in [0.2, 0.25) is 5.76 Å². The van der Waals surface area contributed by atoms with Gasteiger partial charge in [0.15, 0.2) is 5.43 Å². The highest BCUT2D eigenvalue weighted by Gasteiger charge is 2.35. The summed E-state index contributed by atoms with van der Waals surface area (Å²) < 4.78 is 5.66. The van der Waals surface area contributed by atoms with Crippen LogP contribution in [0.5, 0.6) is 5.75 Å². The van der Waals surface area contributed by atoms with E-state index in [1.54, 1.807) is 24.3 Å². The fourth-order valence-electron chi connectivity index (χ4n) is 2.98. The first kappa shape index (κ1) is 13.6. The minimum atomic E-state index is -0.620. The first-order valence-electron chi connectivity index (χ1n) is 7.22. The standard InChI is InChI=1S/C18H13NO4/c1-9-5-6-13-12(7-9)16(21)14-15(19-18(22)17(14)23-13)10-3-2-4-11(20)8-10/h2-8,15,20H,1H3,(H,19,22)/t15-/m1/s1.